The normalized spacial score (nSPS) is 43.9. The number of aliphatic hydroxyl groups excluding tert-OH is 2. The van der Waals surface area contributed by atoms with Crippen molar-refractivity contribution < 1.29 is 20.4 Å². The Balaban J connectivity index is 3.15. The lowest BCUT2D eigenvalue weighted by molar-refractivity contribution is -0.217. The predicted molar refractivity (Wildman–Crippen MR) is 65.4 cm³/mol. The zero-order chi connectivity index (χ0) is 13.5. The van der Waals surface area contributed by atoms with E-state index < -0.39 is 28.8 Å². The van der Waals surface area contributed by atoms with Gasteiger partial charge in [-0.15, -0.1) is 0 Å². The Labute approximate surface area is 103 Å². The van der Waals surface area contributed by atoms with Crippen LogP contribution in [0.3, 0.4) is 0 Å². The zero-order valence-corrected chi connectivity index (χ0v) is 11.0. The lowest BCUT2D eigenvalue weighted by Crippen LogP contribution is -2.65. The molecule has 2 unspecified atom stereocenters. The average molecular weight is 244 g/mol. The third kappa shape index (κ3) is 2.55. The molecule has 4 heteroatoms. The van der Waals surface area contributed by atoms with Crippen LogP contribution >= 0.6 is 0 Å². The van der Waals surface area contributed by atoms with Gasteiger partial charge in [-0.05, 0) is 20.3 Å². The maximum absolute atomic E-state index is 10.7. The van der Waals surface area contributed by atoms with Gasteiger partial charge in [0.15, 0.2) is 0 Å². The highest BCUT2D eigenvalue weighted by molar-refractivity contribution is 5.21. The van der Waals surface area contributed by atoms with Gasteiger partial charge in [-0.2, -0.15) is 0 Å². The molecule has 1 aliphatic carbocycles. The first-order valence-electron chi connectivity index (χ1n) is 6.02. The summed E-state index contributed by atoms with van der Waals surface area (Å²) < 4.78 is 0. The summed E-state index contributed by atoms with van der Waals surface area (Å²) >= 11 is 0. The topological polar surface area (TPSA) is 80.9 Å². The second kappa shape index (κ2) is 4.35. The van der Waals surface area contributed by atoms with Gasteiger partial charge in [0.05, 0.1) is 17.8 Å². The Morgan fingerprint density at radius 1 is 1.18 bits per heavy atom. The first-order valence-corrected chi connectivity index (χ1v) is 6.02. The molecule has 0 heterocycles. The van der Waals surface area contributed by atoms with Crippen LogP contribution in [0.1, 0.15) is 40.5 Å². The highest BCUT2D eigenvalue weighted by Gasteiger charge is 2.58. The van der Waals surface area contributed by atoms with Gasteiger partial charge in [0.2, 0.25) is 0 Å². The zero-order valence-electron chi connectivity index (χ0n) is 11.0. The molecule has 0 aromatic carbocycles. The molecule has 0 amide bonds. The summed E-state index contributed by atoms with van der Waals surface area (Å²) in [5.74, 6) is 0. The van der Waals surface area contributed by atoms with Crippen LogP contribution in [-0.2, 0) is 0 Å². The number of rotatable bonds is 2. The summed E-state index contributed by atoms with van der Waals surface area (Å²) in [7, 11) is 0. The van der Waals surface area contributed by atoms with E-state index in [9.17, 15) is 20.4 Å². The molecule has 1 saturated carbocycles. The van der Waals surface area contributed by atoms with Crippen LogP contribution in [-0.4, -0.2) is 43.8 Å². The maximum atomic E-state index is 10.7. The summed E-state index contributed by atoms with van der Waals surface area (Å²) in [5.41, 5.74) is -3.55. The Morgan fingerprint density at radius 2 is 1.71 bits per heavy atom. The summed E-state index contributed by atoms with van der Waals surface area (Å²) in [6, 6.07) is 0. The molecule has 1 rings (SSSR count). The van der Waals surface area contributed by atoms with E-state index in [0.717, 1.165) is 0 Å². The minimum absolute atomic E-state index is 0.122. The van der Waals surface area contributed by atoms with E-state index in [2.05, 4.69) is 0 Å². The third-order valence-corrected chi connectivity index (χ3v) is 3.85. The first-order chi connectivity index (χ1) is 7.52. The van der Waals surface area contributed by atoms with Crippen molar-refractivity contribution >= 4 is 0 Å². The molecule has 0 bridgehead atoms. The highest BCUT2D eigenvalue weighted by Crippen LogP contribution is 2.50. The van der Waals surface area contributed by atoms with Crippen LogP contribution < -0.4 is 0 Å². The Hall–Kier alpha value is -0.420. The molecule has 17 heavy (non-hydrogen) atoms. The summed E-state index contributed by atoms with van der Waals surface area (Å²) in [6.45, 7) is 6.70. The number of hydrogen-bond acceptors (Lipinski definition) is 4. The first kappa shape index (κ1) is 14.6. The number of hydrogen-bond donors (Lipinski definition) is 4. The van der Waals surface area contributed by atoms with E-state index >= 15 is 0 Å². The van der Waals surface area contributed by atoms with Gasteiger partial charge in [-0.3, -0.25) is 0 Å². The minimum Gasteiger partial charge on any atom is -0.393 e. The van der Waals surface area contributed by atoms with Crippen molar-refractivity contribution in [2.45, 2.75) is 63.9 Å². The van der Waals surface area contributed by atoms with E-state index in [1.54, 1.807) is 20.8 Å². The molecule has 0 spiro atoms. The molecular weight excluding hydrogens is 220 g/mol. The van der Waals surface area contributed by atoms with E-state index in [0.29, 0.717) is 6.42 Å². The highest BCUT2D eigenvalue weighted by atomic mass is 16.4. The van der Waals surface area contributed by atoms with E-state index in [1.807, 2.05) is 0 Å². The lowest BCUT2D eigenvalue weighted by atomic mass is 9.57. The quantitative estimate of drug-likeness (QED) is 0.536. The third-order valence-electron chi connectivity index (χ3n) is 3.85. The van der Waals surface area contributed by atoms with Crippen LogP contribution in [0.4, 0.5) is 0 Å². The van der Waals surface area contributed by atoms with Crippen LogP contribution in [0.25, 0.3) is 0 Å². The summed E-state index contributed by atoms with van der Waals surface area (Å²) in [4.78, 5) is 0. The smallest absolute Gasteiger partial charge is 0.116 e. The van der Waals surface area contributed by atoms with Crippen molar-refractivity contribution in [2.24, 2.45) is 5.41 Å². The fraction of sp³-hybridized carbons (Fsp3) is 0.846. The van der Waals surface area contributed by atoms with Gasteiger partial charge in [-0.25, -0.2) is 0 Å². The molecule has 4 N–H and O–H groups in total. The molecule has 1 fully saturated rings. The molecule has 0 saturated heterocycles. The van der Waals surface area contributed by atoms with Gasteiger partial charge in [0, 0.05) is 11.8 Å². The van der Waals surface area contributed by atoms with Crippen molar-refractivity contribution in [1.29, 1.82) is 0 Å². The molecule has 1 aliphatic rings. The van der Waals surface area contributed by atoms with E-state index in [1.165, 1.54) is 19.1 Å². The molecule has 4 nitrogen and oxygen atoms in total. The van der Waals surface area contributed by atoms with Gasteiger partial charge in [0.25, 0.3) is 0 Å². The molecular formula is C13H24O4. The van der Waals surface area contributed by atoms with Crippen LogP contribution in [0, 0.1) is 5.41 Å². The summed E-state index contributed by atoms with van der Waals surface area (Å²) in [6.07, 6.45) is 2.15. The Bertz CT molecular complexity index is 287. The number of aliphatic hydroxyl groups is 4. The van der Waals surface area contributed by atoms with Crippen LogP contribution in [0.2, 0.25) is 0 Å². The maximum Gasteiger partial charge on any atom is 0.116 e. The van der Waals surface area contributed by atoms with Crippen molar-refractivity contribution in [2.75, 3.05) is 0 Å². The van der Waals surface area contributed by atoms with Crippen molar-refractivity contribution in [3.8, 4) is 0 Å². The Morgan fingerprint density at radius 3 is 2.12 bits per heavy atom. The van der Waals surface area contributed by atoms with Crippen molar-refractivity contribution in [3.05, 3.63) is 12.2 Å². The molecule has 0 aromatic heterocycles. The fourth-order valence-corrected chi connectivity index (χ4v) is 2.84. The lowest BCUT2D eigenvalue weighted by Gasteiger charge is -2.54. The predicted octanol–water partition coefficient (Wildman–Crippen LogP) is 0.586. The van der Waals surface area contributed by atoms with Crippen molar-refractivity contribution in [3.63, 3.8) is 0 Å². The van der Waals surface area contributed by atoms with Crippen LogP contribution in [0.15, 0.2) is 12.2 Å². The molecule has 0 aromatic rings. The second-order valence-corrected chi connectivity index (χ2v) is 6.09. The minimum atomic E-state index is -1.46. The largest absolute Gasteiger partial charge is 0.393 e. The van der Waals surface area contributed by atoms with E-state index in [4.69, 9.17) is 0 Å². The van der Waals surface area contributed by atoms with Gasteiger partial charge < -0.3 is 20.4 Å². The second-order valence-electron chi connectivity index (χ2n) is 6.09. The van der Waals surface area contributed by atoms with E-state index in [-0.39, 0.29) is 6.42 Å². The molecule has 0 radical (unpaired) electrons. The monoisotopic (exact) mass is 244 g/mol. The Kier molecular flexibility index (Phi) is 3.75. The fourth-order valence-electron chi connectivity index (χ4n) is 2.84. The molecule has 0 aliphatic heterocycles. The SMILES string of the molecule is CC(O)/C=C/[C@@]1(O)C(C)(C)CC(O)C[C@@]1(C)O. The molecule has 100 valence electrons. The van der Waals surface area contributed by atoms with Crippen molar-refractivity contribution in [1.82, 2.24) is 0 Å². The van der Waals surface area contributed by atoms with Gasteiger partial charge in [0.1, 0.15) is 5.60 Å². The average Bonchev–Trinajstić information content (AvgIpc) is 2.09. The summed E-state index contributed by atoms with van der Waals surface area (Å²) in [5, 5.41) is 40.1. The van der Waals surface area contributed by atoms with Crippen LogP contribution in [0.5, 0.6) is 0 Å². The van der Waals surface area contributed by atoms with Gasteiger partial charge >= 0.3 is 0 Å². The van der Waals surface area contributed by atoms with Gasteiger partial charge in [-0.1, -0.05) is 26.0 Å². The molecule has 4 atom stereocenters. The standard InChI is InChI=1S/C13H24O4/c1-9(14)5-6-13(17)11(2,3)7-10(15)8-12(13,4)16/h5-6,9-10,14-17H,7-8H2,1-4H3/b6-5+/t9?,10?,12-,13-/m1/s1.